The molecule has 2 heterocycles. The summed E-state index contributed by atoms with van der Waals surface area (Å²) in [5.41, 5.74) is 1.11. The highest BCUT2D eigenvalue weighted by Gasteiger charge is 2.01. The van der Waals surface area contributed by atoms with Crippen LogP contribution in [0.2, 0.25) is 5.15 Å². The quantitative estimate of drug-likeness (QED) is 0.662. The van der Waals surface area contributed by atoms with Gasteiger partial charge in [0, 0.05) is 11.9 Å². The molecule has 0 atom stereocenters. The summed E-state index contributed by atoms with van der Waals surface area (Å²) in [6.07, 6.45) is 1.70. The van der Waals surface area contributed by atoms with Crippen LogP contribution in [0.4, 0.5) is 0 Å². The number of hydrogen-bond donors (Lipinski definition) is 1. The molecule has 0 radical (unpaired) electrons. The molecular formula is C9H9ClN4S. The van der Waals surface area contributed by atoms with Gasteiger partial charge in [0.25, 0.3) is 0 Å². The number of nitrogens with one attached hydrogen (secondary N) is 1. The van der Waals surface area contributed by atoms with Crippen LogP contribution >= 0.6 is 23.4 Å². The maximum atomic E-state index is 5.77. The molecule has 0 unspecified atom stereocenters. The summed E-state index contributed by atoms with van der Waals surface area (Å²) >= 11 is 7.34. The molecule has 0 saturated carbocycles. The maximum absolute atomic E-state index is 5.77. The normalized spacial score (nSPS) is 10.5. The summed E-state index contributed by atoms with van der Waals surface area (Å²) in [6, 6.07) is 3.77. The third-order valence-corrected chi connectivity index (χ3v) is 2.86. The SMILES string of the molecule is Cc1nc(SCc2ccnc(Cl)c2)n[nH]1. The van der Waals surface area contributed by atoms with Gasteiger partial charge in [0.1, 0.15) is 11.0 Å². The Balaban J connectivity index is 1.99. The third-order valence-electron chi connectivity index (χ3n) is 1.74. The molecule has 2 aromatic rings. The molecule has 0 fully saturated rings. The fraction of sp³-hybridized carbons (Fsp3) is 0.222. The number of aryl methyl sites for hydroxylation is 1. The second kappa shape index (κ2) is 4.63. The van der Waals surface area contributed by atoms with Gasteiger partial charge in [-0.15, -0.1) is 5.10 Å². The predicted molar refractivity (Wildman–Crippen MR) is 59.9 cm³/mol. The molecule has 0 saturated heterocycles. The third kappa shape index (κ3) is 2.94. The highest BCUT2D eigenvalue weighted by Crippen LogP contribution is 2.19. The fourth-order valence-corrected chi connectivity index (χ4v) is 2.05. The zero-order valence-corrected chi connectivity index (χ0v) is 9.64. The van der Waals surface area contributed by atoms with Crippen molar-refractivity contribution in [1.82, 2.24) is 20.2 Å². The Morgan fingerprint density at radius 2 is 2.40 bits per heavy atom. The minimum atomic E-state index is 0.513. The first-order valence-electron chi connectivity index (χ1n) is 4.36. The number of aromatic nitrogens is 4. The average Bonchev–Trinajstić information content (AvgIpc) is 2.62. The van der Waals surface area contributed by atoms with E-state index >= 15 is 0 Å². The molecule has 4 nitrogen and oxygen atoms in total. The molecule has 0 amide bonds. The summed E-state index contributed by atoms with van der Waals surface area (Å²) in [4.78, 5) is 8.11. The summed E-state index contributed by atoms with van der Waals surface area (Å²) in [5, 5.41) is 8.09. The van der Waals surface area contributed by atoms with Gasteiger partial charge in [0.15, 0.2) is 0 Å². The van der Waals surface area contributed by atoms with Gasteiger partial charge in [-0.25, -0.2) is 9.97 Å². The van der Waals surface area contributed by atoms with Gasteiger partial charge in [-0.05, 0) is 24.6 Å². The number of halogens is 1. The maximum Gasteiger partial charge on any atom is 0.208 e. The van der Waals surface area contributed by atoms with Crippen LogP contribution in [0, 0.1) is 6.92 Å². The highest BCUT2D eigenvalue weighted by molar-refractivity contribution is 7.98. The monoisotopic (exact) mass is 240 g/mol. The Kier molecular flexibility index (Phi) is 3.23. The van der Waals surface area contributed by atoms with Crippen molar-refractivity contribution < 1.29 is 0 Å². The van der Waals surface area contributed by atoms with E-state index in [1.165, 1.54) is 0 Å². The molecule has 0 aliphatic rings. The van der Waals surface area contributed by atoms with Crippen LogP contribution in [0.25, 0.3) is 0 Å². The van der Waals surface area contributed by atoms with Crippen molar-refractivity contribution >= 4 is 23.4 Å². The number of rotatable bonds is 3. The van der Waals surface area contributed by atoms with Gasteiger partial charge >= 0.3 is 0 Å². The molecule has 15 heavy (non-hydrogen) atoms. The van der Waals surface area contributed by atoms with Crippen molar-refractivity contribution in [1.29, 1.82) is 0 Å². The van der Waals surface area contributed by atoms with E-state index in [4.69, 9.17) is 11.6 Å². The topological polar surface area (TPSA) is 54.5 Å². The predicted octanol–water partition coefficient (Wildman–Crippen LogP) is 2.45. The van der Waals surface area contributed by atoms with Crippen LogP contribution in [0.15, 0.2) is 23.5 Å². The van der Waals surface area contributed by atoms with Crippen molar-refractivity contribution in [2.75, 3.05) is 0 Å². The van der Waals surface area contributed by atoms with Gasteiger partial charge < -0.3 is 0 Å². The molecule has 2 aromatic heterocycles. The standard InChI is InChI=1S/C9H9ClN4S/c1-6-12-9(14-13-6)15-5-7-2-3-11-8(10)4-7/h2-4H,5H2,1H3,(H,12,13,14). The first-order valence-corrected chi connectivity index (χ1v) is 5.72. The van der Waals surface area contributed by atoms with E-state index in [1.807, 2.05) is 19.1 Å². The lowest BCUT2D eigenvalue weighted by molar-refractivity contribution is 0.969. The van der Waals surface area contributed by atoms with Crippen molar-refractivity contribution in [3.63, 3.8) is 0 Å². The Morgan fingerprint density at radius 3 is 3.07 bits per heavy atom. The van der Waals surface area contributed by atoms with Gasteiger partial charge in [-0.1, -0.05) is 23.4 Å². The number of thioether (sulfide) groups is 1. The average molecular weight is 241 g/mol. The lowest BCUT2D eigenvalue weighted by atomic mass is 10.3. The minimum absolute atomic E-state index is 0.513. The molecule has 6 heteroatoms. The zero-order valence-electron chi connectivity index (χ0n) is 8.07. The van der Waals surface area contributed by atoms with Crippen LogP contribution in [-0.4, -0.2) is 20.2 Å². The van der Waals surface area contributed by atoms with E-state index < -0.39 is 0 Å². The van der Waals surface area contributed by atoms with Crippen LogP contribution in [0.5, 0.6) is 0 Å². The second-order valence-corrected chi connectivity index (χ2v) is 4.31. The zero-order chi connectivity index (χ0) is 10.7. The van der Waals surface area contributed by atoms with E-state index in [2.05, 4.69) is 20.2 Å². The Morgan fingerprint density at radius 1 is 1.53 bits per heavy atom. The molecular weight excluding hydrogens is 232 g/mol. The molecule has 0 aliphatic heterocycles. The number of aromatic amines is 1. The van der Waals surface area contributed by atoms with E-state index in [-0.39, 0.29) is 0 Å². The number of nitrogens with zero attached hydrogens (tertiary/aromatic N) is 3. The van der Waals surface area contributed by atoms with Crippen LogP contribution < -0.4 is 0 Å². The molecule has 2 rings (SSSR count). The summed E-state index contributed by atoms with van der Waals surface area (Å²) in [5.74, 6) is 1.62. The fourth-order valence-electron chi connectivity index (χ4n) is 1.07. The highest BCUT2D eigenvalue weighted by atomic mass is 35.5. The Labute approximate surface area is 96.5 Å². The van der Waals surface area contributed by atoms with Crippen molar-refractivity contribution in [3.05, 3.63) is 34.9 Å². The van der Waals surface area contributed by atoms with E-state index in [0.717, 1.165) is 22.3 Å². The lowest BCUT2D eigenvalue weighted by Gasteiger charge is -1.97. The molecule has 1 N–H and O–H groups in total. The Bertz CT molecular complexity index is 457. The van der Waals surface area contributed by atoms with Gasteiger partial charge in [-0.2, -0.15) is 0 Å². The van der Waals surface area contributed by atoms with Crippen molar-refractivity contribution in [2.24, 2.45) is 0 Å². The molecule has 0 spiro atoms. The van der Waals surface area contributed by atoms with Gasteiger partial charge in [0.2, 0.25) is 5.16 Å². The second-order valence-electron chi connectivity index (χ2n) is 2.98. The molecule has 78 valence electrons. The van der Waals surface area contributed by atoms with E-state index in [9.17, 15) is 0 Å². The number of hydrogen-bond acceptors (Lipinski definition) is 4. The van der Waals surface area contributed by atoms with Crippen LogP contribution in [0.1, 0.15) is 11.4 Å². The first kappa shape index (κ1) is 10.4. The molecule has 0 aliphatic carbocycles. The first-order chi connectivity index (χ1) is 7.24. The van der Waals surface area contributed by atoms with E-state index in [1.54, 1.807) is 18.0 Å². The van der Waals surface area contributed by atoms with Crippen molar-refractivity contribution in [2.45, 2.75) is 17.8 Å². The summed E-state index contributed by atoms with van der Waals surface area (Å²) in [7, 11) is 0. The smallest absolute Gasteiger partial charge is 0.208 e. The van der Waals surface area contributed by atoms with Gasteiger partial charge in [-0.3, -0.25) is 5.10 Å². The van der Waals surface area contributed by atoms with Crippen LogP contribution in [-0.2, 0) is 5.75 Å². The Hall–Kier alpha value is -1.07. The lowest BCUT2D eigenvalue weighted by Crippen LogP contribution is -1.83. The number of H-pyrrole nitrogens is 1. The number of pyridine rings is 1. The summed E-state index contributed by atoms with van der Waals surface area (Å²) in [6.45, 7) is 1.88. The molecule has 0 aromatic carbocycles. The molecule has 0 bridgehead atoms. The van der Waals surface area contributed by atoms with Crippen molar-refractivity contribution in [3.8, 4) is 0 Å². The minimum Gasteiger partial charge on any atom is -0.262 e. The largest absolute Gasteiger partial charge is 0.262 e. The van der Waals surface area contributed by atoms with E-state index in [0.29, 0.717) is 5.15 Å². The van der Waals surface area contributed by atoms with Gasteiger partial charge in [0.05, 0.1) is 0 Å². The summed E-state index contributed by atoms with van der Waals surface area (Å²) < 4.78 is 0. The van der Waals surface area contributed by atoms with Crippen LogP contribution in [0.3, 0.4) is 0 Å².